The van der Waals surface area contributed by atoms with Crippen LogP contribution in [0.5, 0.6) is 11.5 Å². The van der Waals surface area contributed by atoms with Gasteiger partial charge in [-0.05, 0) is 134 Å². The molecule has 0 fully saturated rings. The molecule has 1 heterocycles. The lowest BCUT2D eigenvalue weighted by molar-refractivity contribution is 0.442. The summed E-state index contributed by atoms with van der Waals surface area (Å²) in [6.45, 7) is 0. The molecule has 12 aromatic carbocycles. The van der Waals surface area contributed by atoms with E-state index < -0.39 is 10.8 Å². The highest BCUT2D eigenvalue weighted by atomic mass is 16.5. The fourth-order valence-electron chi connectivity index (χ4n) is 13.8. The molecule has 0 N–H and O–H groups in total. The Kier molecular flexibility index (Phi) is 7.27. The van der Waals surface area contributed by atoms with Crippen molar-refractivity contribution in [3.63, 3.8) is 0 Å². The van der Waals surface area contributed by atoms with E-state index in [1.165, 1.54) is 127 Å². The Morgan fingerprint density at radius 2 is 0.710 bits per heavy atom. The molecule has 0 bridgehead atoms. The number of rotatable bonds is 2. The lowest BCUT2D eigenvalue weighted by atomic mass is 9.65. The third-order valence-electron chi connectivity index (χ3n) is 16.4. The molecule has 0 amide bonds. The van der Waals surface area contributed by atoms with E-state index in [9.17, 15) is 0 Å². The van der Waals surface area contributed by atoms with Crippen LogP contribution in [0.4, 0.5) is 0 Å². The van der Waals surface area contributed by atoms with Crippen LogP contribution in [0.1, 0.15) is 44.5 Å². The normalized spacial score (nSPS) is 15.8. The summed E-state index contributed by atoms with van der Waals surface area (Å²) >= 11 is 0. The molecule has 1 heteroatoms. The molecule has 1 atom stereocenters. The van der Waals surface area contributed by atoms with Crippen molar-refractivity contribution >= 4 is 32.3 Å². The van der Waals surface area contributed by atoms with Crippen LogP contribution in [0.2, 0.25) is 0 Å². The highest BCUT2D eigenvalue weighted by molar-refractivity contribution is 6.13. The third kappa shape index (κ3) is 4.56. The van der Waals surface area contributed by atoms with E-state index >= 15 is 0 Å². The van der Waals surface area contributed by atoms with Gasteiger partial charge in [-0.1, -0.05) is 224 Å². The van der Waals surface area contributed by atoms with Crippen LogP contribution < -0.4 is 4.74 Å². The molecule has 0 aromatic heterocycles. The molecule has 1 nitrogen and oxygen atoms in total. The quantitative estimate of drug-likeness (QED) is 0.168. The summed E-state index contributed by atoms with van der Waals surface area (Å²) in [5, 5.41) is 7.31. The predicted octanol–water partition coefficient (Wildman–Crippen LogP) is 17.3. The zero-order valence-electron chi connectivity index (χ0n) is 37.5. The van der Waals surface area contributed by atoms with Gasteiger partial charge in [0.2, 0.25) is 0 Å². The van der Waals surface area contributed by atoms with Crippen LogP contribution in [-0.4, -0.2) is 0 Å². The Hall–Kier alpha value is -8.78. The molecule has 1 unspecified atom stereocenters. The van der Waals surface area contributed by atoms with Crippen LogP contribution in [0, 0.1) is 0 Å². The van der Waals surface area contributed by atoms with Gasteiger partial charge in [0.15, 0.2) is 0 Å². The zero-order chi connectivity index (χ0) is 45.0. The molecule has 69 heavy (non-hydrogen) atoms. The Labute approximate surface area is 400 Å². The van der Waals surface area contributed by atoms with Crippen LogP contribution in [0.25, 0.3) is 88.0 Å². The van der Waals surface area contributed by atoms with Crippen molar-refractivity contribution in [1.29, 1.82) is 0 Å². The molecule has 0 radical (unpaired) electrons. The summed E-state index contributed by atoms with van der Waals surface area (Å²) in [5.74, 6) is 1.83. The number of hydrogen-bond donors (Lipinski definition) is 0. The maximum atomic E-state index is 7.13. The Balaban J connectivity index is 0.942. The lowest BCUT2D eigenvalue weighted by Gasteiger charge is -2.40. The predicted molar refractivity (Wildman–Crippen MR) is 284 cm³/mol. The van der Waals surface area contributed by atoms with E-state index in [-0.39, 0.29) is 0 Å². The first-order chi connectivity index (χ1) is 34.2. The van der Waals surface area contributed by atoms with Crippen molar-refractivity contribution in [2.75, 3.05) is 0 Å². The maximum absolute atomic E-state index is 7.13. The van der Waals surface area contributed by atoms with E-state index in [1.807, 2.05) is 0 Å². The number of ether oxygens (including phenoxy) is 1. The first-order valence-corrected chi connectivity index (χ1v) is 24.2. The summed E-state index contributed by atoms with van der Waals surface area (Å²) in [4.78, 5) is 0. The third-order valence-corrected chi connectivity index (χ3v) is 16.4. The second-order valence-corrected chi connectivity index (χ2v) is 19.3. The zero-order valence-corrected chi connectivity index (χ0v) is 37.5. The number of benzene rings is 12. The van der Waals surface area contributed by atoms with E-state index in [1.54, 1.807) is 0 Å². The van der Waals surface area contributed by atoms with Gasteiger partial charge >= 0.3 is 0 Å². The number of fused-ring (bicyclic) bond motifs is 24. The van der Waals surface area contributed by atoms with Crippen molar-refractivity contribution < 1.29 is 4.74 Å². The molecule has 0 saturated carbocycles. The molecule has 0 saturated heterocycles. The van der Waals surface area contributed by atoms with Crippen LogP contribution in [0.15, 0.2) is 243 Å². The van der Waals surface area contributed by atoms with Gasteiger partial charge in [-0.15, -0.1) is 0 Å². The van der Waals surface area contributed by atoms with Crippen LogP contribution in [-0.2, 0) is 10.8 Å². The topological polar surface area (TPSA) is 9.23 Å². The fraction of sp³-hybridized carbons (Fsp3) is 0.0294. The van der Waals surface area contributed by atoms with Gasteiger partial charge < -0.3 is 4.74 Å². The first kappa shape index (κ1) is 37.3. The van der Waals surface area contributed by atoms with Crippen molar-refractivity contribution in [2.45, 2.75) is 10.8 Å². The molecular formula is C68H40O. The van der Waals surface area contributed by atoms with Crippen molar-refractivity contribution in [3.05, 3.63) is 287 Å². The van der Waals surface area contributed by atoms with E-state index in [2.05, 4.69) is 243 Å². The largest absolute Gasteiger partial charge is 0.456 e. The molecule has 12 aromatic rings. The van der Waals surface area contributed by atoms with Crippen LogP contribution >= 0.6 is 0 Å². The SMILES string of the molecule is c1ccc2c(c1)Oc1c(cc(-c3ccc(-c4ccc5c(c4)C4(c6ccccc6-5)c5ccccc5-c5c4ccc4ccccc54)c4ccccc34)c3ccccc13)C21c2ccccc2-c2ccccc21. The Morgan fingerprint density at radius 1 is 0.246 bits per heavy atom. The second-order valence-electron chi connectivity index (χ2n) is 19.3. The minimum absolute atomic E-state index is 0.455. The van der Waals surface area contributed by atoms with Gasteiger partial charge in [0.05, 0.1) is 10.8 Å². The minimum atomic E-state index is -0.576. The summed E-state index contributed by atoms with van der Waals surface area (Å²) in [5.41, 5.74) is 22.0. The summed E-state index contributed by atoms with van der Waals surface area (Å²) in [6.07, 6.45) is 0. The van der Waals surface area contributed by atoms with Gasteiger partial charge in [-0.2, -0.15) is 0 Å². The highest BCUT2D eigenvalue weighted by Gasteiger charge is 2.53. The Morgan fingerprint density at radius 3 is 1.39 bits per heavy atom. The van der Waals surface area contributed by atoms with Gasteiger partial charge in [0.1, 0.15) is 11.5 Å². The van der Waals surface area contributed by atoms with Crippen LogP contribution in [0.3, 0.4) is 0 Å². The average Bonchev–Trinajstić information content (AvgIpc) is 4.01. The Bertz CT molecular complexity index is 4200. The van der Waals surface area contributed by atoms with Crippen molar-refractivity contribution in [3.8, 4) is 67.1 Å². The lowest BCUT2D eigenvalue weighted by Crippen LogP contribution is -2.32. The van der Waals surface area contributed by atoms with E-state index in [0.717, 1.165) is 16.9 Å². The molecule has 4 aliphatic rings. The molecule has 1 aliphatic heterocycles. The summed E-state index contributed by atoms with van der Waals surface area (Å²) in [6, 6.07) is 91.0. The number of hydrogen-bond acceptors (Lipinski definition) is 1. The monoisotopic (exact) mass is 872 g/mol. The fourth-order valence-corrected chi connectivity index (χ4v) is 13.8. The maximum Gasteiger partial charge on any atom is 0.140 e. The van der Waals surface area contributed by atoms with Crippen molar-refractivity contribution in [2.24, 2.45) is 0 Å². The second kappa shape index (κ2) is 13.4. The van der Waals surface area contributed by atoms with Gasteiger partial charge in [0.25, 0.3) is 0 Å². The standard InChI is InChI=1S/C68H40O/c1-2-18-44-41(17-1)34-38-61-65(44)54-26-10-14-30-59(54)68(61)58-29-13-9-24-51(58)52-35-33-42(39-62(52)68)43-36-37-48(46-20-4-3-19-45(43)46)55-40-63-66(53-25-6-5-21-47(53)55)69-64-32-16-15-31-60(64)67(63)56-27-11-7-22-49(56)50-23-8-12-28-57(50)67/h1-40H. The van der Waals surface area contributed by atoms with Gasteiger partial charge in [-0.3, -0.25) is 0 Å². The molecule has 16 rings (SSSR count). The van der Waals surface area contributed by atoms with E-state index in [4.69, 9.17) is 4.74 Å². The smallest absolute Gasteiger partial charge is 0.140 e. The van der Waals surface area contributed by atoms with Gasteiger partial charge in [0, 0.05) is 16.5 Å². The highest BCUT2D eigenvalue weighted by Crippen LogP contribution is 2.66. The van der Waals surface area contributed by atoms with Crippen molar-refractivity contribution in [1.82, 2.24) is 0 Å². The molecule has 318 valence electrons. The van der Waals surface area contributed by atoms with E-state index in [0.29, 0.717) is 0 Å². The first-order valence-electron chi connectivity index (χ1n) is 24.2. The minimum Gasteiger partial charge on any atom is -0.456 e. The summed E-state index contributed by atoms with van der Waals surface area (Å²) < 4.78 is 7.13. The summed E-state index contributed by atoms with van der Waals surface area (Å²) in [7, 11) is 0. The number of para-hydroxylation sites is 1. The van der Waals surface area contributed by atoms with Gasteiger partial charge in [-0.25, -0.2) is 0 Å². The molecule has 3 aliphatic carbocycles. The molecular weight excluding hydrogens is 833 g/mol. The molecule has 2 spiro atoms. The average molecular weight is 873 g/mol.